The van der Waals surface area contributed by atoms with Crippen LogP contribution in [0, 0.1) is 13.8 Å². The summed E-state index contributed by atoms with van der Waals surface area (Å²) in [7, 11) is 0. The molecule has 2 aromatic carbocycles. The molecule has 32 heavy (non-hydrogen) atoms. The van der Waals surface area contributed by atoms with E-state index >= 15 is 0 Å². The van der Waals surface area contributed by atoms with Crippen molar-refractivity contribution in [2.75, 3.05) is 19.7 Å². The summed E-state index contributed by atoms with van der Waals surface area (Å²) in [5.41, 5.74) is 3.51. The lowest BCUT2D eigenvalue weighted by Crippen LogP contribution is -2.45. The molecule has 0 aliphatic carbocycles. The molecule has 5 heteroatoms. The average molecular weight is 449 g/mol. The molecule has 0 radical (unpaired) electrons. The van der Waals surface area contributed by atoms with Gasteiger partial charge in [-0.2, -0.15) is 0 Å². The molecule has 1 fully saturated rings. The van der Waals surface area contributed by atoms with Crippen molar-refractivity contribution >= 4 is 32.3 Å². The van der Waals surface area contributed by atoms with Crippen LogP contribution in [0.4, 0.5) is 0 Å². The van der Waals surface area contributed by atoms with Crippen LogP contribution in [-0.4, -0.2) is 46.8 Å². The van der Waals surface area contributed by atoms with Gasteiger partial charge in [-0.3, -0.25) is 4.90 Å². The van der Waals surface area contributed by atoms with Gasteiger partial charge in [0.25, 0.3) is 0 Å². The average Bonchev–Trinajstić information content (AvgIpc) is 3.36. The number of fused-ring (bicyclic) bond motifs is 2. The molecule has 4 nitrogen and oxygen atoms in total. The minimum atomic E-state index is -0.503. The number of hydrogen-bond acceptors (Lipinski definition) is 4. The summed E-state index contributed by atoms with van der Waals surface area (Å²) in [6.07, 6.45) is 1.78. The van der Waals surface area contributed by atoms with E-state index in [1.165, 1.54) is 20.5 Å². The summed E-state index contributed by atoms with van der Waals surface area (Å²) in [6, 6.07) is 17.7. The van der Waals surface area contributed by atoms with Gasteiger partial charge in [0.05, 0.1) is 0 Å². The van der Waals surface area contributed by atoms with Gasteiger partial charge in [0.1, 0.15) is 18.5 Å². The minimum Gasteiger partial charge on any atom is -0.490 e. The Morgan fingerprint density at radius 3 is 2.91 bits per heavy atom. The molecule has 1 aliphatic heterocycles. The lowest BCUT2D eigenvalue weighted by Gasteiger charge is -2.38. The number of nitrogens with zero attached hydrogens (tertiary/aromatic N) is 1. The molecule has 5 rings (SSSR count). The van der Waals surface area contributed by atoms with Crippen molar-refractivity contribution < 1.29 is 9.84 Å². The zero-order valence-corrected chi connectivity index (χ0v) is 19.9. The first-order valence-corrected chi connectivity index (χ1v) is 12.4. The number of aliphatic hydroxyl groups is 1. The molecule has 1 aliphatic rings. The Balaban J connectivity index is 1.17. The second kappa shape index (κ2) is 8.89. The molecule has 0 bridgehead atoms. The van der Waals surface area contributed by atoms with Crippen LogP contribution in [0.2, 0.25) is 0 Å². The van der Waals surface area contributed by atoms with Crippen molar-refractivity contribution in [1.29, 1.82) is 0 Å². The predicted octanol–water partition coefficient (Wildman–Crippen LogP) is 6.01. The normalized spacial score (nSPS) is 20.8. The van der Waals surface area contributed by atoms with Crippen molar-refractivity contribution in [3.05, 3.63) is 64.7 Å². The van der Waals surface area contributed by atoms with E-state index in [0.29, 0.717) is 25.1 Å². The Kier molecular flexibility index (Phi) is 5.97. The molecule has 3 heterocycles. The van der Waals surface area contributed by atoms with E-state index in [9.17, 15) is 5.11 Å². The van der Waals surface area contributed by atoms with Gasteiger partial charge in [-0.05, 0) is 87.4 Å². The van der Waals surface area contributed by atoms with Crippen LogP contribution in [-0.2, 0) is 0 Å². The van der Waals surface area contributed by atoms with Gasteiger partial charge in [0, 0.05) is 38.8 Å². The van der Waals surface area contributed by atoms with E-state index in [0.717, 1.165) is 41.7 Å². The van der Waals surface area contributed by atoms with E-state index in [-0.39, 0.29) is 0 Å². The number of nitrogens with one attached hydrogen (secondary N) is 1. The number of H-pyrrole nitrogens is 1. The molecule has 4 aromatic rings. The summed E-state index contributed by atoms with van der Waals surface area (Å²) in [6.45, 7) is 8.48. The maximum atomic E-state index is 10.7. The molecular formula is C27H32N2O2S. The Hall–Kier alpha value is -2.34. The topological polar surface area (TPSA) is 48.5 Å². The number of piperidine rings is 1. The number of aromatic amines is 1. The highest BCUT2D eigenvalue weighted by Crippen LogP contribution is 2.38. The predicted molar refractivity (Wildman–Crippen MR) is 134 cm³/mol. The highest BCUT2D eigenvalue weighted by molar-refractivity contribution is 7.19. The first-order valence-electron chi connectivity index (χ1n) is 11.6. The Bertz CT molecular complexity index is 1230. The molecule has 3 atom stereocenters. The Morgan fingerprint density at radius 1 is 1.19 bits per heavy atom. The van der Waals surface area contributed by atoms with Crippen LogP contribution in [0.1, 0.15) is 41.8 Å². The highest BCUT2D eigenvalue weighted by atomic mass is 32.1. The first-order chi connectivity index (χ1) is 15.5. The number of aromatic nitrogens is 1. The summed E-state index contributed by atoms with van der Waals surface area (Å²) in [5, 5.41) is 13.1. The third kappa shape index (κ3) is 4.42. The van der Waals surface area contributed by atoms with Crippen LogP contribution in [0.5, 0.6) is 5.75 Å². The molecule has 0 spiro atoms. The highest BCUT2D eigenvalue weighted by Gasteiger charge is 2.28. The number of aliphatic hydroxyl groups excluding tert-OH is 1. The fourth-order valence-corrected chi connectivity index (χ4v) is 6.32. The second-order valence-corrected chi connectivity index (χ2v) is 10.5. The van der Waals surface area contributed by atoms with Gasteiger partial charge in [-0.25, -0.2) is 0 Å². The van der Waals surface area contributed by atoms with Crippen LogP contribution in [0.25, 0.3) is 21.0 Å². The molecule has 0 amide bonds. The lowest BCUT2D eigenvalue weighted by atomic mass is 9.90. The van der Waals surface area contributed by atoms with Crippen LogP contribution in [0.3, 0.4) is 0 Å². The zero-order chi connectivity index (χ0) is 22.2. The largest absolute Gasteiger partial charge is 0.490 e. The molecule has 0 unspecified atom stereocenters. The summed E-state index contributed by atoms with van der Waals surface area (Å²) < 4.78 is 7.41. The van der Waals surface area contributed by atoms with Gasteiger partial charge in [0.2, 0.25) is 0 Å². The number of thiophene rings is 1. The van der Waals surface area contributed by atoms with Crippen LogP contribution in [0.15, 0.2) is 48.5 Å². The summed E-state index contributed by atoms with van der Waals surface area (Å²) >= 11 is 1.95. The fraction of sp³-hybridized carbons (Fsp3) is 0.407. The molecule has 2 N–H and O–H groups in total. The van der Waals surface area contributed by atoms with Gasteiger partial charge in [0.15, 0.2) is 0 Å². The molecule has 2 aromatic heterocycles. The van der Waals surface area contributed by atoms with E-state index in [4.69, 9.17) is 4.74 Å². The number of ether oxygens (including phenoxy) is 1. The number of rotatable bonds is 6. The van der Waals surface area contributed by atoms with Gasteiger partial charge < -0.3 is 14.8 Å². The van der Waals surface area contributed by atoms with E-state index in [1.54, 1.807) is 0 Å². The second-order valence-electron chi connectivity index (χ2n) is 9.39. The monoisotopic (exact) mass is 448 g/mol. The number of β-amino-alcohol motifs (C(OH)–C–C–N with tert-alkyl or cyclic N) is 1. The first kappa shape index (κ1) is 21.5. The maximum absolute atomic E-state index is 10.7. The Morgan fingerprint density at radius 2 is 2.06 bits per heavy atom. The zero-order valence-electron chi connectivity index (χ0n) is 19.1. The van der Waals surface area contributed by atoms with Gasteiger partial charge in [-0.15, -0.1) is 11.3 Å². The van der Waals surface area contributed by atoms with Crippen molar-refractivity contribution in [2.45, 2.75) is 51.7 Å². The van der Waals surface area contributed by atoms with Crippen LogP contribution < -0.4 is 4.74 Å². The smallest absolute Gasteiger partial charge is 0.128 e. The summed E-state index contributed by atoms with van der Waals surface area (Å²) in [4.78, 5) is 7.27. The van der Waals surface area contributed by atoms with Crippen molar-refractivity contribution in [3.8, 4) is 5.75 Å². The molecule has 0 saturated carbocycles. The van der Waals surface area contributed by atoms with Gasteiger partial charge in [-0.1, -0.05) is 18.2 Å². The quantitative estimate of drug-likeness (QED) is 0.380. The fourth-order valence-electron chi connectivity index (χ4n) is 5.01. The molecular weight excluding hydrogens is 416 g/mol. The SMILES string of the molecule is Cc1ccc2cc([C@H]3CCN(C[C@H](O)COc4cccc5[nH]c(C)cc45)[C@H](C)C3)sc2c1. The lowest BCUT2D eigenvalue weighted by molar-refractivity contribution is 0.0408. The molecule has 168 valence electrons. The van der Waals surface area contributed by atoms with E-state index in [1.807, 2.05) is 30.4 Å². The van der Waals surface area contributed by atoms with Crippen LogP contribution >= 0.6 is 11.3 Å². The molecule has 1 saturated heterocycles. The maximum Gasteiger partial charge on any atom is 0.128 e. The van der Waals surface area contributed by atoms with E-state index in [2.05, 4.69) is 60.1 Å². The number of benzene rings is 2. The minimum absolute atomic E-state index is 0.311. The number of hydrogen-bond donors (Lipinski definition) is 2. The number of likely N-dealkylation sites (tertiary alicyclic amines) is 1. The standard InChI is InChI=1S/C27H32N2O2S/c1-17-7-8-20-14-27(32-26(20)11-17)21-9-10-29(19(3)13-21)15-22(30)16-31-25-6-4-5-24-23(25)12-18(2)28-24/h4-8,11-12,14,19,21-22,28,30H,9-10,13,15-16H2,1-3H3/t19-,21+,22+/m1/s1. The van der Waals surface area contributed by atoms with Gasteiger partial charge >= 0.3 is 0 Å². The Labute approximate surface area is 193 Å². The van der Waals surface area contributed by atoms with Crippen molar-refractivity contribution in [1.82, 2.24) is 9.88 Å². The van der Waals surface area contributed by atoms with E-state index < -0.39 is 6.10 Å². The third-order valence-corrected chi connectivity index (χ3v) is 8.01. The summed E-state index contributed by atoms with van der Waals surface area (Å²) in [5.74, 6) is 1.44. The number of aryl methyl sites for hydroxylation is 2. The third-order valence-electron chi connectivity index (χ3n) is 6.75. The van der Waals surface area contributed by atoms with Crippen molar-refractivity contribution in [3.63, 3.8) is 0 Å². The van der Waals surface area contributed by atoms with Crippen molar-refractivity contribution in [2.24, 2.45) is 0 Å².